The topological polar surface area (TPSA) is 120 Å². The van der Waals surface area contributed by atoms with Gasteiger partial charge in [0.15, 0.2) is 5.82 Å². The quantitative estimate of drug-likeness (QED) is 0.553. The zero-order valence-electron chi connectivity index (χ0n) is 17.6. The molecule has 30 heavy (non-hydrogen) atoms. The summed E-state index contributed by atoms with van der Waals surface area (Å²) in [5.41, 5.74) is 0.539. The minimum Gasteiger partial charge on any atom is -0.489 e. The number of anilines is 2. The SMILES string of the molecule is CCCC(CCC)C(=O)Nc1ccc(S(=O)(=O)Nc2ncnc(OC)c2OC)cc1. The van der Waals surface area contributed by atoms with Crippen LogP contribution in [0, 0.1) is 5.92 Å². The van der Waals surface area contributed by atoms with Gasteiger partial charge in [0.2, 0.25) is 11.7 Å². The van der Waals surface area contributed by atoms with Crippen molar-refractivity contribution in [3.8, 4) is 11.6 Å². The lowest BCUT2D eigenvalue weighted by atomic mass is 9.97. The Hall–Kier alpha value is -2.88. The molecule has 1 aromatic carbocycles. The molecule has 0 bridgehead atoms. The Morgan fingerprint density at radius 1 is 1.03 bits per heavy atom. The number of hydrogen-bond donors (Lipinski definition) is 2. The Morgan fingerprint density at radius 2 is 1.67 bits per heavy atom. The summed E-state index contributed by atoms with van der Waals surface area (Å²) in [4.78, 5) is 20.3. The number of nitrogens with zero attached hydrogens (tertiary/aromatic N) is 2. The number of nitrogens with one attached hydrogen (secondary N) is 2. The third-order valence-corrected chi connectivity index (χ3v) is 5.83. The van der Waals surface area contributed by atoms with Crippen molar-refractivity contribution in [2.24, 2.45) is 5.92 Å². The van der Waals surface area contributed by atoms with Crippen LogP contribution >= 0.6 is 0 Å². The summed E-state index contributed by atoms with van der Waals surface area (Å²) >= 11 is 0. The Kier molecular flexibility index (Phi) is 8.40. The highest BCUT2D eigenvalue weighted by molar-refractivity contribution is 7.92. The summed E-state index contributed by atoms with van der Waals surface area (Å²) in [6.07, 6.45) is 4.66. The predicted octanol–water partition coefficient (Wildman–Crippen LogP) is 3.45. The number of methoxy groups -OCH3 is 2. The van der Waals surface area contributed by atoms with Gasteiger partial charge in [0.25, 0.3) is 15.9 Å². The van der Waals surface area contributed by atoms with Gasteiger partial charge in [-0.1, -0.05) is 26.7 Å². The minimum absolute atomic E-state index is 0.0128. The van der Waals surface area contributed by atoms with Gasteiger partial charge in [-0.2, -0.15) is 4.98 Å². The molecule has 0 saturated heterocycles. The Bertz CT molecular complexity index is 942. The summed E-state index contributed by atoms with van der Waals surface area (Å²) in [6, 6.07) is 5.94. The van der Waals surface area contributed by atoms with Gasteiger partial charge in [-0.15, -0.1) is 0 Å². The van der Waals surface area contributed by atoms with Crippen molar-refractivity contribution < 1.29 is 22.7 Å². The first-order valence-electron chi connectivity index (χ1n) is 9.72. The molecule has 0 radical (unpaired) electrons. The van der Waals surface area contributed by atoms with Gasteiger partial charge in [-0.05, 0) is 37.1 Å². The number of amides is 1. The molecule has 0 aliphatic carbocycles. The normalized spacial score (nSPS) is 11.2. The van der Waals surface area contributed by atoms with E-state index in [0.29, 0.717) is 5.69 Å². The molecule has 1 aromatic heterocycles. The van der Waals surface area contributed by atoms with Crippen LogP contribution < -0.4 is 19.5 Å². The molecule has 9 nitrogen and oxygen atoms in total. The van der Waals surface area contributed by atoms with Gasteiger partial charge in [0.1, 0.15) is 6.33 Å². The van der Waals surface area contributed by atoms with Gasteiger partial charge in [-0.25, -0.2) is 13.4 Å². The first-order valence-corrected chi connectivity index (χ1v) is 11.2. The minimum atomic E-state index is -3.94. The smallest absolute Gasteiger partial charge is 0.263 e. The van der Waals surface area contributed by atoms with Gasteiger partial charge in [0.05, 0.1) is 19.1 Å². The molecule has 0 aliphatic heterocycles. The highest BCUT2D eigenvalue weighted by Crippen LogP contribution is 2.32. The molecule has 2 rings (SSSR count). The molecule has 10 heteroatoms. The van der Waals surface area contributed by atoms with E-state index in [0.717, 1.165) is 25.7 Å². The molecule has 0 aliphatic rings. The van der Waals surface area contributed by atoms with Crippen LogP contribution in [0.4, 0.5) is 11.5 Å². The van der Waals surface area contributed by atoms with Crippen molar-refractivity contribution in [3.63, 3.8) is 0 Å². The fraction of sp³-hybridized carbons (Fsp3) is 0.450. The molecule has 0 spiro atoms. The molecule has 1 amide bonds. The van der Waals surface area contributed by atoms with E-state index in [9.17, 15) is 13.2 Å². The largest absolute Gasteiger partial charge is 0.489 e. The highest BCUT2D eigenvalue weighted by atomic mass is 32.2. The number of ether oxygens (including phenoxy) is 2. The number of sulfonamides is 1. The molecule has 0 fully saturated rings. The Labute approximate surface area is 177 Å². The molecule has 0 unspecified atom stereocenters. The lowest BCUT2D eigenvalue weighted by Crippen LogP contribution is -2.22. The van der Waals surface area contributed by atoms with Gasteiger partial charge in [-0.3, -0.25) is 9.52 Å². The van der Waals surface area contributed by atoms with Crippen LogP contribution in [0.1, 0.15) is 39.5 Å². The van der Waals surface area contributed by atoms with Crippen molar-refractivity contribution in [2.45, 2.75) is 44.4 Å². The van der Waals surface area contributed by atoms with Gasteiger partial charge < -0.3 is 14.8 Å². The van der Waals surface area contributed by atoms with Crippen LogP contribution in [0.2, 0.25) is 0 Å². The molecular formula is C20H28N4O5S. The first-order chi connectivity index (χ1) is 14.4. The van der Waals surface area contributed by atoms with Crippen molar-refractivity contribution in [1.82, 2.24) is 9.97 Å². The summed E-state index contributed by atoms with van der Waals surface area (Å²) in [5, 5.41) is 2.86. The number of carbonyl (C=O) groups excluding carboxylic acids is 1. The second-order valence-electron chi connectivity index (χ2n) is 6.66. The van der Waals surface area contributed by atoms with Crippen molar-refractivity contribution in [1.29, 1.82) is 0 Å². The van der Waals surface area contributed by atoms with Crippen molar-refractivity contribution in [2.75, 3.05) is 24.3 Å². The van der Waals surface area contributed by atoms with Crippen LogP contribution in [-0.2, 0) is 14.8 Å². The van der Waals surface area contributed by atoms with Crippen LogP contribution in [0.3, 0.4) is 0 Å². The maximum absolute atomic E-state index is 12.7. The molecule has 0 atom stereocenters. The number of benzene rings is 1. The average Bonchev–Trinajstić information content (AvgIpc) is 2.73. The second kappa shape index (κ2) is 10.8. The number of rotatable bonds is 11. The van der Waals surface area contributed by atoms with Gasteiger partial charge >= 0.3 is 0 Å². The molecule has 1 heterocycles. The molecule has 164 valence electrons. The van der Waals surface area contributed by atoms with E-state index >= 15 is 0 Å². The molecular weight excluding hydrogens is 408 g/mol. The molecule has 2 aromatic rings. The summed E-state index contributed by atoms with van der Waals surface area (Å²) < 4.78 is 38.0. The summed E-state index contributed by atoms with van der Waals surface area (Å²) in [6.45, 7) is 4.09. The van der Waals surface area contributed by atoms with Crippen molar-refractivity contribution >= 4 is 27.4 Å². The van der Waals surface area contributed by atoms with E-state index in [2.05, 4.69) is 20.0 Å². The monoisotopic (exact) mass is 436 g/mol. The predicted molar refractivity (Wildman–Crippen MR) is 114 cm³/mol. The fourth-order valence-electron chi connectivity index (χ4n) is 3.01. The van der Waals surface area contributed by atoms with Gasteiger partial charge in [0, 0.05) is 11.6 Å². The molecule has 2 N–H and O–H groups in total. The van der Waals surface area contributed by atoms with Crippen LogP contribution in [-0.4, -0.2) is 38.5 Å². The zero-order valence-corrected chi connectivity index (χ0v) is 18.5. The number of carbonyl (C=O) groups is 1. The fourth-order valence-corrected chi connectivity index (χ4v) is 4.02. The maximum Gasteiger partial charge on any atom is 0.263 e. The lowest BCUT2D eigenvalue weighted by molar-refractivity contribution is -0.120. The zero-order chi connectivity index (χ0) is 22.1. The first kappa shape index (κ1) is 23.4. The number of aromatic nitrogens is 2. The van der Waals surface area contributed by atoms with Crippen LogP contribution in [0.5, 0.6) is 11.6 Å². The second-order valence-corrected chi connectivity index (χ2v) is 8.34. The summed E-state index contributed by atoms with van der Waals surface area (Å²) in [5.74, 6) is 0.0431. The standard InChI is InChI=1S/C20H28N4O5S/c1-5-7-14(8-6-2)19(25)23-15-9-11-16(12-10-15)30(26,27)24-18-17(28-3)20(29-4)22-13-21-18/h9-14H,5-8H2,1-4H3,(H,23,25)(H,21,22,24). The molecule has 0 saturated carbocycles. The average molecular weight is 437 g/mol. The van der Waals surface area contributed by atoms with E-state index in [1.54, 1.807) is 12.1 Å². The number of hydrogen-bond acceptors (Lipinski definition) is 7. The summed E-state index contributed by atoms with van der Waals surface area (Å²) in [7, 11) is -1.19. The third-order valence-electron chi connectivity index (χ3n) is 4.48. The van der Waals surface area contributed by atoms with Crippen molar-refractivity contribution in [3.05, 3.63) is 30.6 Å². The van der Waals surface area contributed by atoms with E-state index in [4.69, 9.17) is 9.47 Å². The van der Waals surface area contributed by atoms with E-state index in [1.165, 1.54) is 32.7 Å². The van der Waals surface area contributed by atoms with E-state index in [1.807, 2.05) is 13.8 Å². The Morgan fingerprint density at radius 3 is 2.20 bits per heavy atom. The third kappa shape index (κ3) is 5.82. The Balaban J connectivity index is 2.16. The maximum atomic E-state index is 12.7. The highest BCUT2D eigenvalue weighted by Gasteiger charge is 2.21. The lowest BCUT2D eigenvalue weighted by Gasteiger charge is -2.15. The van der Waals surface area contributed by atoms with E-state index in [-0.39, 0.29) is 34.2 Å². The van der Waals surface area contributed by atoms with Crippen LogP contribution in [0.25, 0.3) is 0 Å². The van der Waals surface area contributed by atoms with Crippen LogP contribution in [0.15, 0.2) is 35.5 Å². The van der Waals surface area contributed by atoms with E-state index < -0.39 is 10.0 Å².